The second-order valence-corrected chi connectivity index (χ2v) is 4.05. The molecule has 1 rings (SSSR count). The normalized spacial score (nSPS) is 11.7. The third-order valence-electron chi connectivity index (χ3n) is 2.37. The predicted octanol–water partition coefficient (Wildman–Crippen LogP) is 3.30. The summed E-state index contributed by atoms with van der Waals surface area (Å²) in [5.41, 5.74) is -1.83. The standard InChI is InChI=1S/C12H15F3N2O2/c1-5-8-16-10(12(13,14)15)9(11(18)19-6-2)17(8)7(3)4/h5,7H,1,6H2,2-4H3. The molecule has 0 bridgehead atoms. The van der Waals surface area contributed by atoms with E-state index in [0.717, 1.165) is 0 Å². The third-order valence-corrected chi connectivity index (χ3v) is 2.37. The molecule has 1 heterocycles. The maximum atomic E-state index is 12.9. The summed E-state index contributed by atoms with van der Waals surface area (Å²) in [6.45, 7) is 8.23. The van der Waals surface area contributed by atoms with Gasteiger partial charge in [-0.3, -0.25) is 0 Å². The zero-order valence-electron chi connectivity index (χ0n) is 10.9. The summed E-state index contributed by atoms with van der Waals surface area (Å²) in [4.78, 5) is 15.2. The number of carbonyl (C=O) groups excluding carboxylic acids is 1. The minimum atomic E-state index is -4.72. The smallest absolute Gasteiger partial charge is 0.435 e. The van der Waals surface area contributed by atoms with Crippen LogP contribution in [0.2, 0.25) is 0 Å². The Labute approximate surface area is 108 Å². The average Bonchev–Trinajstić information content (AvgIpc) is 2.68. The van der Waals surface area contributed by atoms with Crippen LogP contribution in [0.3, 0.4) is 0 Å². The van der Waals surface area contributed by atoms with E-state index in [1.807, 2.05) is 0 Å². The lowest BCUT2D eigenvalue weighted by Crippen LogP contribution is -2.19. The van der Waals surface area contributed by atoms with Gasteiger partial charge in [-0.25, -0.2) is 9.78 Å². The van der Waals surface area contributed by atoms with E-state index < -0.39 is 23.5 Å². The molecule has 106 valence electrons. The second kappa shape index (κ2) is 5.46. The molecule has 0 atom stereocenters. The third kappa shape index (κ3) is 2.97. The molecule has 0 unspecified atom stereocenters. The van der Waals surface area contributed by atoms with Crippen molar-refractivity contribution in [2.75, 3.05) is 6.61 Å². The van der Waals surface area contributed by atoms with Gasteiger partial charge in [-0.1, -0.05) is 6.58 Å². The molecular formula is C12H15F3N2O2. The number of hydrogen-bond acceptors (Lipinski definition) is 3. The van der Waals surface area contributed by atoms with E-state index in [9.17, 15) is 18.0 Å². The van der Waals surface area contributed by atoms with Gasteiger partial charge in [-0.2, -0.15) is 13.2 Å². The van der Waals surface area contributed by atoms with Crippen molar-refractivity contribution >= 4 is 12.0 Å². The van der Waals surface area contributed by atoms with Crippen LogP contribution in [-0.2, 0) is 10.9 Å². The predicted molar refractivity (Wildman–Crippen MR) is 63.7 cm³/mol. The van der Waals surface area contributed by atoms with Gasteiger partial charge in [-0.05, 0) is 26.8 Å². The van der Waals surface area contributed by atoms with Gasteiger partial charge >= 0.3 is 12.1 Å². The monoisotopic (exact) mass is 276 g/mol. The van der Waals surface area contributed by atoms with Gasteiger partial charge in [0, 0.05) is 6.04 Å². The Kier molecular flexibility index (Phi) is 4.39. The van der Waals surface area contributed by atoms with Crippen molar-refractivity contribution in [1.82, 2.24) is 9.55 Å². The average molecular weight is 276 g/mol. The first-order chi connectivity index (χ1) is 8.73. The molecule has 0 aromatic carbocycles. The van der Waals surface area contributed by atoms with Gasteiger partial charge in [0.1, 0.15) is 5.82 Å². The lowest BCUT2D eigenvalue weighted by Gasteiger charge is -2.14. The van der Waals surface area contributed by atoms with Crippen LogP contribution in [0.5, 0.6) is 0 Å². The summed E-state index contributed by atoms with van der Waals surface area (Å²) < 4.78 is 44.6. The van der Waals surface area contributed by atoms with Crippen LogP contribution in [-0.4, -0.2) is 22.1 Å². The highest BCUT2D eigenvalue weighted by Gasteiger charge is 2.41. The first-order valence-corrected chi connectivity index (χ1v) is 5.73. The molecule has 0 aliphatic carbocycles. The summed E-state index contributed by atoms with van der Waals surface area (Å²) >= 11 is 0. The fraction of sp³-hybridized carbons (Fsp3) is 0.500. The molecule has 1 aromatic rings. The first kappa shape index (κ1) is 15.3. The SMILES string of the molecule is C=Cc1nc(C(F)(F)F)c(C(=O)OCC)n1C(C)C. The number of aromatic nitrogens is 2. The quantitative estimate of drug-likeness (QED) is 0.792. The largest absolute Gasteiger partial charge is 0.461 e. The van der Waals surface area contributed by atoms with E-state index in [2.05, 4.69) is 16.3 Å². The molecule has 0 amide bonds. The van der Waals surface area contributed by atoms with Crippen LogP contribution in [0.4, 0.5) is 13.2 Å². The molecule has 0 N–H and O–H groups in total. The minimum absolute atomic E-state index is 0.00891. The molecule has 0 spiro atoms. The summed E-state index contributed by atoms with van der Waals surface area (Å²) in [5, 5.41) is 0. The Balaban J connectivity index is 3.56. The van der Waals surface area contributed by atoms with Gasteiger partial charge in [0.15, 0.2) is 11.4 Å². The highest BCUT2D eigenvalue weighted by molar-refractivity contribution is 5.89. The Morgan fingerprint density at radius 3 is 2.47 bits per heavy atom. The molecule has 0 fully saturated rings. The second-order valence-electron chi connectivity index (χ2n) is 4.05. The lowest BCUT2D eigenvalue weighted by atomic mass is 10.2. The van der Waals surface area contributed by atoms with E-state index in [-0.39, 0.29) is 18.5 Å². The van der Waals surface area contributed by atoms with Crippen molar-refractivity contribution < 1.29 is 22.7 Å². The molecule has 7 heteroatoms. The van der Waals surface area contributed by atoms with Crippen molar-refractivity contribution in [2.24, 2.45) is 0 Å². The van der Waals surface area contributed by atoms with E-state index in [0.29, 0.717) is 0 Å². The van der Waals surface area contributed by atoms with Crippen LogP contribution < -0.4 is 0 Å². The van der Waals surface area contributed by atoms with Gasteiger partial charge in [-0.15, -0.1) is 0 Å². The number of hydrogen-bond donors (Lipinski definition) is 0. The van der Waals surface area contributed by atoms with Crippen molar-refractivity contribution in [1.29, 1.82) is 0 Å². The Hall–Kier alpha value is -1.79. The minimum Gasteiger partial charge on any atom is -0.461 e. The number of rotatable bonds is 4. The Bertz CT molecular complexity index is 490. The Morgan fingerprint density at radius 1 is 1.53 bits per heavy atom. The fourth-order valence-electron chi connectivity index (χ4n) is 1.71. The van der Waals surface area contributed by atoms with E-state index in [4.69, 9.17) is 0 Å². The maximum absolute atomic E-state index is 12.9. The van der Waals surface area contributed by atoms with Crippen molar-refractivity contribution in [2.45, 2.75) is 33.0 Å². The number of alkyl halides is 3. The molecule has 0 saturated carbocycles. The van der Waals surface area contributed by atoms with Crippen LogP contribution in [0.25, 0.3) is 6.08 Å². The molecule has 4 nitrogen and oxygen atoms in total. The maximum Gasteiger partial charge on any atom is 0.435 e. The van der Waals surface area contributed by atoms with Gasteiger partial charge in [0.05, 0.1) is 6.61 Å². The van der Waals surface area contributed by atoms with E-state index in [1.54, 1.807) is 13.8 Å². The molecule has 0 aliphatic heterocycles. The molecular weight excluding hydrogens is 261 g/mol. The number of carbonyl (C=O) groups is 1. The number of ether oxygens (including phenoxy) is 1. The molecule has 1 aromatic heterocycles. The van der Waals surface area contributed by atoms with Crippen molar-refractivity contribution in [3.63, 3.8) is 0 Å². The molecule has 19 heavy (non-hydrogen) atoms. The lowest BCUT2D eigenvalue weighted by molar-refractivity contribution is -0.141. The van der Waals surface area contributed by atoms with E-state index in [1.165, 1.54) is 17.6 Å². The van der Waals surface area contributed by atoms with Gasteiger partial charge in [0.25, 0.3) is 0 Å². The number of imidazole rings is 1. The zero-order valence-corrected chi connectivity index (χ0v) is 10.9. The fourth-order valence-corrected chi connectivity index (χ4v) is 1.71. The van der Waals surface area contributed by atoms with Crippen molar-refractivity contribution in [3.8, 4) is 0 Å². The van der Waals surface area contributed by atoms with Crippen LogP contribution in [0.15, 0.2) is 6.58 Å². The van der Waals surface area contributed by atoms with Crippen LogP contribution >= 0.6 is 0 Å². The molecule has 0 aliphatic rings. The molecule has 0 saturated heterocycles. The summed E-state index contributed by atoms with van der Waals surface area (Å²) in [6, 6.07) is -0.379. The summed E-state index contributed by atoms with van der Waals surface area (Å²) in [6.07, 6.45) is -3.54. The van der Waals surface area contributed by atoms with E-state index >= 15 is 0 Å². The zero-order chi connectivity index (χ0) is 14.8. The van der Waals surface area contributed by atoms with Gasteiger partial charge < -0.3 is 9.30 Å². The Morgan fingerprint density at radius 2 is 2.11 bits per heavy atom. The number of esters is 1. The first-order valence-electron chi connectivity index (χ1n) is 5.73. The van der Waals surface area contributed by atoms with Crippen molar-refractivity contribution in [3.05, 3.63) is 23.8 Å². The highest BCUT2D eigenvalue weighted by Crippen LogP contribution is 2.33. The van der Waals surface area contributed by atoms with Crippen LogP contribution in [0.1, 0.15) is 48.8 Å². The molecule has 0 radical (unpaired) electrons. The summed E-state index contributed by atoms with van der Waals surface area (Å²) in [7, 11) is 0. The summed E-state index contributed by atoms with van der Waals surface area (Å²) in [5.74, 6) is -1.05. The number of halogens is 3. The van der Waals surface area contributed by atoms with Crippen LogP contribution in [0, 0.1) is 0 Å². The topological polar surface area (TPSA) is 44.1 Å². The highest BCUT2D eigenvalue weighted by atomic mass is 19.4. The van der Waals surface area contributed by atoms with Gasteiger partial charge in [0.2, 0.25) is 0 Å². The number of nitrogens with zero attached hydrogens (tertiary/aromatic N) is 2.